The van der Waals surface area contributed by atoms with Gasteiger partial charge in [0.25, 0.3) is 0 Å². The monoisotopic (exact) mass is 294 g/mol. The number of phenols is 1. The third-order valence-electron chi connectivity index (χ3n) is 3.81. The summed E-state index contributed by atoms with van der Waals surface area (Å²) in [5.41, 5.74) is 0.221. The second-order valence-corrected chi connectivity index (χ2v) is 5.37. The molecule has 0 amide bonds. The molecule has 0 unspecified atom stereocenters. The molecular formula is C19H18O3. The summed E-state index contributed by atoms with van der Waals surface area (Å²) >= 11 is 0. The van der Waals surface area contributed by atoms with Gasteiger partial charge in [-0.15, -0.1) is 0 Å². The molecule has 1 N–H and O–H groups in total. The lowest BCUT2D eigenvalue weighted by atomic mass is 10.0. The normalized spacial score (nSPS) is 11.0. The number of rotatable bonds is 4. The van der Waals surface area contributed by atoms with Gasteiger partial charge in [0.05, 0.1) is 6.61 Å². The third kappa shape index (κ3) is 2.62. The fourth-order valence-corrected chi connectivity index (χ4v) is 2.55. The summed E-state index contributed by atoms with van der Waals surface area (Å²) < 4.78 is 5.19. The van der Waals surface area contributed by atoms with Gasteiger partial charge >= 0.3 is 5.97 Å². The van der Waals surface area contributed by atoms with Gasteiger partial charge in [0, 0.05) is 5.39 Å². The smallest absolute Gasteiger partial charge is 0.341 e. The van der Waals surface area contributed by atoms with E-state index in [1.165, 1.54) is 0 Å². The van der Waals surface area contributed by atoms with E-state index in [9.17, 15) is 9.90 Å². The van der Waals surface area contributed by atoms with Gasteiger partial charge in [-0.3, -0.25) is 0 Å². The molecule has 0 radical (unpaired) electrons. The molecule has 0 saturated heterocycles. The molecule has 3 rings (SSSR count). The maximum absolute atomic E-state index is 12.1. The highest BCUT2D eigenvalue weighted by Crippen LogP contribution is 2.32. The first-order valence-electron chi connectivity index (χ1n) is 7.52. The number of carbonyl (C=O) groups excluding carboxylic acids is 1. The molecule has 3 heteroatoms. The molecule has 0 aliphatic heterocycles. The molecule has 3 aromatic carbocycles. The van der Waals surface area contributed by atoms with E-state index < -0.39 is 5.97 Å². The number of carbonyl (C=O) groups is 1. The summed E-state index contributed by atoms with van der Waals surface area (Å²) in [6, 6.07) is 15.3. The van der Waals surface area contributed by atoms with Crippen molar-refractivity contribution in [3.8, 4) is 5.75 Å². The highest BCUT2D eigenvalue weighted by molar-refractivity contribution is 6.06. The van der Waals surface area contributed by atoms with Crippen LogP contribution in [0.2, 0.25) is 0 Å². The van der Waals surface area contributed by atoms with Gasteiger partial charge in [0.15, 0.2) is 0 Å². The van der Waals surface area contributed by atoms with Crippen LogP contribution in [0.5, 0.6) is 5.75 Å². The molecule has 112 valence electrons. The highest BCUT2D eigenvalue weighted by atomic mass is 16.5. The number of unbranched alkanes of at least 4 members (excludes halogenated alkanes) is 1. The Balaban J connectivity index is 2.04. The van der Waals surface area contributed by atoms with Crippen molar-refractivity contribution in [2.75, 3.05) is 6.61 Å². The first-order chi connectivity index (χ1) is 10.7. The number of hydrogen-bond acceptors (Lipinski definition) is 3. The number of benzene rings is 3. The second kappa shape index (κ2) is 6.06. The Labute approximate surface area is 129 Å². The number of phenolic OH excluding ortho intramolecular Hbond substituents is 1. The minimum atomic E-state index is -0.471. The summed E-state index contributed by atoms with van der Waals surface area (Å²) in [7, 11) is 0. The van der Waals surface area contributed by atoms with Gasteiger partial charge in [-0.25, -0.2) is 4.79 Å². The van der Waals surface area contributed by atoms with Crippen molar-refractivity contribution in [1.82, 2.24) is 0 Å². The summed E-state index contributed by atoms with van der Waals surface area (Å²) in [4.78, 5) is 12.1. The molecule has 0 spiro atoms. The number of aromatic hydroxyl groups is 1. The minimum Gasteiger partial charge on any atom is -0.506 e. The van der Waals surface area contributed by atoms with E-state index in [2.05, 4.69) is 0 Å². The Hall–Kier alpha value is -2.55. The van der Waals surface area contributed by atoms with E-state index in [4.69, 9.17) is 4.74 Å². The van der Waals surface area contributed by atoms with Crippen LogP contribution in [0.3, 0.4) is 0 Å². The standard InChI is InChI=1S/C19H18O3/c1-2-3-10-22-19(21)16-9-8-15-11-13-6-4-5-7-14(13)12-17(15)18(16)20/h4-9,11-12,20H,2-3,10H2,1H3. The molecule has 3 nitrogen and oxygen atoms in total. The van der Waals surface area contributed by atoms with Gasteiger partial charge in [0.1, 0.15) is 11.3 Å². The molecule has 0 aliphatic rings. The van der Waals surface area contributed by atoms with Crippen LogP contribution in [0.15, 0.2) is 48.5 Å². The van der Waals surface area contributed by atoms with Crippen LogP contribution in [-0.4, -0.2) is 17.7 Å². The maximum atomic E-state index is 12.1. The number of ether oxygens (including phenoxy) is 1. The molecule has 22 heavy (non-hydrogen) atoms. The Morgan fingerprint density at radius 1 is 1.05 bits per heavy atom. The van der Waals surface area contributed by atoms with Crippen molar-refractivity contribution in [3.63, 3.8) is 0 Å². The topological polar surface area (TPSA) is 46.5 Å². The summed E-state index contributed by atoms with van der Waals surface area (Å²) in [6.45, 7) is 2.41. The zero-order valence-electron chi connectivity index (χ0n) is 12.5. The van der Waals surface area contributed by atoms with Crippen LogP contribution < -0.4 is 0 Å². The molecular weight excluding hydrogens is 276 g/mol. The van der Waals surface area contributed by atoms with Crippen molar-refractivity contribution in [2.24, 2.45) is 0 Å². The van der Waals surface area contributed by atoms with Crippen LogP contribution in [0.25, 0.3) is 21.5 Å². The van der Waals surface area contributed by atoms with Crippen molar-refractivity contribution in [3.05, 3.63) is 54.1 Å². The van der Waals surface area contributed by atoms with Gasteiger partial charge < -0.3 is 9.84 Å². The van der Waals surface area contributed by atoms with Crippen molar-refractivity contribution >= 4 is 27.5 Å². The third-order valence-corrected chi connectivity index (χ3v) is 3.81. The number of hydrogen-bond donors (Lipinski definition) is 1. The van der Waals surface area contributed by atoms with Gasteiger partial charge in [-0.1, -0.05) is 43.7 Å². The molecule has 0 atom stereocenters. The van der Waals surface area contributed by atoms with Crippen LogP contribution in [0.4, 0.5) is 0 Å². The van der Waals surface area contributed by atoms with E-state index in [0.717, 1.165) is 29.0 Å². The summed E-state index contributed by atoms with van der Waals surface area (Å²) in [5, 5.41) is 14.1. The zero-order chi connectivity index (χ0) is 15.5. The second-order valence-electron chi connectivity index (χ2n) is 5.37. The molecule has 3 aromatic rings. The largest absolute Gasteiger partial charge is 0.506 e. The first-order valence-corrected chi connectivity index (χ1v) is 7.52. The van der Waals surface area contributed by atoms with Crippen LogP contribution in [-0.2, 0) is 4.74 Å². The lowest BCUT2D eigenvalue weighted by Crippen LogP contribution is -2.06. The fraction of sp³-hybridized carbons (Fsp3) is 0.211. The van der Waals surface area contributed by atoms with Gasteiger partial charge in [-0.2, -0.15) is 0 Å². The van der Waals surface area contributed by atoms with Crippen molar-refractivity contribution < 1.29 is 14.6 Å². The van der Waals surface area contributed by atoms with Crippen LogP contribution >= 0.6 is 0 Å². The Kier molecular flexibility index (Phi) is 3.96. The lowest BCUT2D eigenvalue weighted by Gasteiger charge is -2.09. The lowest BCUT2D eigenvalue weighted by molar-refractivity contribution is 0.0497. The summed E-state index contributed by atoms with van der Waals surface area (Å²) in [6.07, 6.45) is 1.79. The molecule has 0 fully saturated rings. The predicted octanol–water partition coefficient (Wildman–Crippen LogP) is 4.66. The molecule has 0 heterocycles. The van der Waals surface area contributed by atoms with Gasteiger partial charge in [0.2, 0.25) is 0 Å². The Bertz CT molecular complexity index is 837. The molecule has 0 bridgehead atoms. The average Bonchev–Trinajstić information content (AvgIpc) is 2.54. The average molecular weight is 294 g/mol. The van der Waals surface area contributed by atoms with Crippen LogP contribution in [0, 0.1) is 0 Å². The zero-order valence-corrected chi connectivity index (χ0v) is 12.5. The van der Waals surface area contributed by atoms with Crippen molar-refractivity contribution in [1.29, 1.82) is 0 Å². The number of fused-ring (bicyclic) bond motifs is 2. The summed E-state index contributed by atoms with van der Waals surface area (Å²) in [5.74, 6) is -0.481. The van der Waals surface area contributed by atoms with Crippen LogP contribution in [0.1, 0.15) is 30.1 Å². The van der Waals surface area contributed by atoms with E-state index in [1.807, 2.05) is 49.4 Å². The molecule has 0 saturated carbocycles. The SMILES string of the molecule is CCCCOC(=O)c1ccc2cc3ccccc3cc2c1O. The predicted molar refractivity (Wildman–Crippen MR) is 88.3 cm³/mol. The quantitative estimate of drug-likeness (QED) is 0.432. The number of esters is 1. The van der Waals surface area contributed by atoms with E-state index in [1.54, 1.807) is 6.07 Å². The van der Waals surface area contributed by atoms with E-state index in [0.29, 0.717) is 12.0 Å². The highest BCUT2D eigenvalue weighted by Gasteiger charge is 2.15. The first kappa shape index (κ1) is 14.4. The molecule has 0 aliphatic carbocycles. The maximum Gasteiger partial charge on any atom is 0.341 e. The molecule has 0 aromatic heterocycles. The Morgan fingerprint density at radius 2 is 1.77 bits per heavy atom. The fourth-order valence-electron chi connectivity index (χ4n) is 2.55. The van der Waals surface area contributed by atoms with E-state index in [-0.39, 0.29) is 11.3 Å². The van der Waals surface area contributed by atoms with Gasteiger partial charge in [-0.05, 0) is 40.8 Å². The Morgan fingerprint density at radius 3 is 2.50 bits per heavy atom. The van der Waals surface area contributed by atoms with E-state index >= 15 is 0 Å². The van der Waals surface area contributed by atoms with Crippen molar-refractivity contribution in [2.45, 2.75) is 19.8 Å². The minimum absolute atomic E-state index is 0.00949.